The molecule has 0 spiro atoms. The van der Waals surface area contributed by atoms with Gasteiger partial charge in [-0.1, -0.05) is 47.6 Å². The average molecular weight is 377 g/mol. The van der Waals surface area contributed by atoms with Crippen molar-refractivity contribution in [2.45, 2.75) is 4.34 Å². The van der Waals surface area contributed by atoms with E-state index in [0.29, 0.717) is 15.0 Å². The molecule has 0 saturated heterocycles. The lowest BCUT2D eigenvalue weighted by molar-refractivity contribution is -0.133. The fourth-order valence-corrected chi connectivity index (χ4v) is 4.14. The van der Waals surface area contributed by atoms with Gasteiger partial charge in [-0.15, -0.1) is 11.3 Å². The molecular formula is C17H13ClN2O2S2. The van der Waals surface area contributed by atoms with Gasteiger partial charge in [0.15, 0.2) is 4.34 Å². The number of rotatable bonds is 5. The number of thioether (sulfide) groups is 1. The summed E-state index contributed by atoms with van der Waals surface area (Å²) in [5.74, 6) is -0.883. The average Bonchev–Trinajstić information content (AvgIpc) is 2.98. The van der Waals surface area contributed by atoms with Crippen molar-refractivity contribution in [1.29, 1.82) is 0 Å². The summed E-state index contributed by atoms with van der Waals surface area (Å²) in [6.45, 7) is 0. The number of aromatic nitrogens is 1. The van der Waals surface area contributed by atoms with Crippen molar-refractivity contribution in [2.75, 3.05) is 11.5 Å². The molecule has 3 N–H and O–H groups in total. The van der Waals surface area contributed by atoms with Gasteiger partial charge in [0.2, 0.25) is 0 Å². The minimum atomic E-state index is -0.864. The van der Waals surface area contributed by atoms with E-state index in [1.807, 2.05) is 48.5 Å². The minimum absolute atomic E-state index is 0.0191. The first kappa shape index (κ1) is 16.8. The Labute approximate surface area is 152 Å². The van der Waals surface area contributed by atoms with Crippen LogP contribution in [0.15, 0.2) is 52.9 Å². The Hall–Kier alpha value is -2.02. The molecule has 7 heteroatoms. The zero-order chi connectivity index (χ0) is 17.1. The molecular weight excluding hydrogens is 364 g/mol. The van der Waals surface area contributed by atoms with Crippen LogP contribution in [0.3, 0.4) is 0 Å². The molecule has 0 bridgehead atoms. The molecule has 3 rings (SSSR count). The number of hydrogen-bond donors (Lipinski definition) is 2. The first-order valence-corrected chi connectivity index (χ1v) is 9.18. The van der Waals surface area contributed by atoms with Gasteiger partial charge in [0.1, 0.15) is 0 Å². The lowest BCUT2D eigenvalue weighted by Gasteiger charge is -2.03. The van der Waals surface area contributed by atoms with Gasteiger partial charge in [-0.3, -0.25) is 4.79 Å². The predicted octanol–water partition coefficient (Wildman–Crippen LogP) is 4.89. The normalized spacial score (nSPS) is 10.7. The number of hydrogen-bond acceptors (Lipinski definition) is 5. The number of carboxylic acids is 1. The number of benzene rings is 2. The first-order chi connectivity index (χ1) is 11.5. The van der Waals surface area contributed by atoms with Crippen LogP contribution in [0.5, 0.6) is 0 Å². The number of nitrogen functional groups attached to an aromatic ring is 1. The topological polar surface area (TPSA) is 76.2 Å². The molecule has 4 nitrogen and oxygen atoms in total. The predicted molar refractivity (Wildman–Crippen MR) is 101 cm³/mol. The van der Waals surface area contributed by atoms with Crippen LogP contribution in [0.1, 0.15) is 0 Å². The van der Waals surface area contributed by atoms with Gasteiger partial charge in [0.05, 0.1) is 16.3 Å². The van der Waals surface area contributed by atoms with Gasteiger partial charge in [-0.2, -0.15) is 0 Å². The molecule has 1 heterocycles. The number of aliphatic carboxylic acids is 1. The molecule has 24 heavy (non-hydrogen) atoms. The fraction of sp³-hybridized carbons (Fsp3) is 0.0588. The quantitative estimate of drug-likeness (QED) is 0.489. The van der Waals surface area contributed by atoms with E-state index < -0.39 is 5.97 Å². The summed E-state index contributed by atoms with van der Waals surface area (Å²) in [4.78, 5) is 16.4. The largest absolute Gasteiger partial charge is 0.481 e. The molecule has 0 saturated carbocycles. The number of anilines is 1. The van der Waals surface area contributed by atoms with Gasteiger partial charge in [0.25, 0.3) is 0 Å². The highest BCUT2D eigenvalue weighted by molar-refractivity contribution is 8.01. The monoisotopic (exact) mass is 376 g/mol. The van der Waals surface area contributed by atoms with E-state index >= 15 is 0 Å². The maximum atomic E-state index is 10.8. The third kappa shape index (κ3) is 3.90. The minimum Gasteiger partial charge on any atom is -0.481 e. The van der Waals surface area contributed by atoms with E-state index in [9.17, 15) is 4.79 Å². The van der Waals surface area contributed by atoms with Crippen molar-refractivity contribution in [3.8, 4) is 21.7 Å². The van der Waals surface area contributed by atoms with Crippen molar-refractivity contribution < 1.29 is 9.90 Å². The molecule has 1 aromatic heterocycles. The van der Waals surface area contributed by atoms with E-state index in [2.05, 4.69) is 4.98 Å². The number of nitrogens with zero attached hydrogens (tertiary/aromatic N) is 1. The zero-order valence-corrected chi connectivity index (χ0v) is 14.8. The van der Waals surface area contributed by atoms with Gasteiger partial charge >= 0.3 is 5.97 Å². The molecule has 3 aromatic rings. The van der Waals surface area contributed by atoms with E-state index in [1.165, 1.54) is 23.1 Å². The van der Waals surface area contributed by atoms with Crippen LogP contribution in [0.25, 0.3) is 21.7 Å². The highest BCUT2D eigenvalue weighted by Gasteiger charge is 2.16. The molecule has 0 unspecified atom stereocenters. The van der Waals surface area contributed by atoms with Gasteiger partial charge in [-0.25, -0.2) is 4.98 Å². The van der Waals surface area contributed by atoms with Crippen LogP contribution in [-0.2, 0) is 4.79 Å². The van der Waals surface area contributed by atoms with E-state index in [1.54, 1.807) is 0 Å². The third-order valence-electron chi connectivity index (χ3n) is 3.22. The van der Waals surface area contributed by atoms with Gasteiger partial charge < -0.3 is 10.8 Å². The number of thiazole rings is 1. The van der Waals surface area contributed by atoms with E-state index in [4.69, 9.17) is 22.4 Å². The van der Waals surface area contributed by atoms with E-state index in [0.717, 1.165) is 21.7 Å². The second kappa shape index (κ2) is 7.25. The highest BCUT2D eigenvalue weighted by Crippen LogP contribution is 2.40. The van der Waals surface area contributed by atoms with Crippen LogP contribution >= 0.6 is 34.7 Å². The Balaban J connectivity index is 2.05. The Bertz CT molecular complexity index is 798. The number of nitrogens with two attached hydrogens (primary N) is 1. The lowest BCUT2D eigenvalue weighted by Crippen LogP contribution is -1.96. The summed E-state index contributed by atoms with van der Waals surface area (Å²) in [6, 6.07) is 15.0. The number of carbonyl (C=O) groups is 1. The van der Waals surface area contributed by atoms with Gasteiger partial charge in [-0.05, 0) is 29.8 Å². The molecule has 0 amide bonds. The van der Waals surface area contributed by atoms with Crippen LogP contribution in [0, 0.1) is 0 Å². The summed E-state index contributed by atoms with van der Waals surface area (Å²) in [5, 5.41) is 9.54. The second-order valence-corrected chi connectivity index (χ2v) is 7.63. The maximum absolute atomic E-state index is 10.8. The van der Waals surface area contributed by atoms with Crippen molar-refractivity contribution in [3.63, 3.8) is 0 Å². The molecule has 0 aliphatic rings. The van der Waals surface area contributed by atoms with Crippen molar-refractivity contribution >= 4 is 46.4 Å². The standard InChI is InChI=1S/C17H13ClN2O2S2/c18-12-5-1-11(2-6-12)16-15(10-3-7-13(19)8-4-10)20-17(24-16)23-9-14(21)22/h1-8H,9,19H2,(H,21,22). The highest BCUT2D eigenvalue weighted by atomic mass is 35.5. The summed E-state index contributed by atoms with van der Waals surface area (Å²) in [5.41, 5.74) is 9.18. The Kier molecular flexibility index (Phi) is 5.08. The smallest absolute Gasteiger partial charge is 0.313 e. The zero-order valence-electron chi connectivity index (χ0n) is 12.4. The molecule has 0 aliphatic carbocycles. The summed E-state index contributed by atoms with van der Waals surface area (Å²) < 4.78 is 0.717. The van der Waals surface area contributed by atoms with Crippen LogP contribution in [0.2, 0.25) is 5.02 Å². The Morgan fingerprint density at radius 2 is 1.75 bits per heavy atom. The molecule has 0 radical (unpaired) electrons. The lowest BCUT2D eigenvalue weighted by atomic mass is 10.1. The third-order valence-corrected chi connectivity index (χ3v) is 5.70. The molecule has 122 valence electrons. The summed E-state index contributed by atoms with van der Waals surface area (Å²) >= 11 is 8.66. The fourth-order valence-electron chi connectivity index (χ4n) is 2.12. The van der Waals surface area contributed by atoms with Gasteiger partial charge in [0, 0.05) is 16.3 Å². The molecule has 0 fully saturated rings. The maximum Gasteiger partial charge on any atom is 0.313 e. The van der Waals surface area contributed by atoms with E-state index in [-0.39, 0.29) is 5.75 Å². The van der Waals surface area contributed by atoms with Crippen molar-refractivity contribution in [1.82, 2.24) is 4.98 Å². The number of halogens is 1. The molecule has 0 aliphatic heterocycles. The van der Waals surface area contributed by atoms with Crippen molar-refractivity contribution in [3.05, 3.63) is 53.6 Å². The molecule has 0 atom stereocenters. The number of carboxylic acid groups (broad SMARTS) is 1. The Morgan fingerprint density at radius 1 is 1.12 bits per heavy atom. The SMILES string of the molecule is Nc1ccc(-c2nc(SCC(=O)O)sc2-c2ccc(Cl)cc2)cc1. The molecule has 2 aromatic carbocycles. The van der Waals surface area contributed by atoms with Crippen LogP contribution in [-0.4, -0.2) is 21.8 Å². The first-order valence-electron chi connectivity index (χ1n) is 7.00. The Morgan fingerprint density at radius 3 is 2.38 bits per heavy atom. The summed E-state index contributed by atoms with van der Waals surface area (Å²) in [7, 11) is 0. The second-order valence-electron chi connectivity index (χ2n) is 4.97. The van der Waals surface area contributed by atoms with Crippen molar-refractivity contribution in [2.24, 2.45) is 0 Å². The van der Waals surface area contributed by atoms with Crippen LogP contribution in [0.4, 0.5) is 5.69 Å². The van der Waals surface area contributed by atoms with Crippen LogP contribution < -0.4 is 5.73 Å². The summed E-state index contributed by atoms with van der Waals surface area (Å²) in [6.07, 6.45) is 0.